The largest absolute Gasteiger partial charge is 0.332 e. The van der Waals surface area contributed by atoms with E-state index in [-0.39, 0.29) is 5.56 Å². The van der Waals surface area contributed by atoms with Crippen molar-refractivity contribution in [1.82, 2.24) is 19.3 Å². The maximum absolute atomic E-state index is 12.6. The van der Waals surface area contributed by atoms with Gasteiger partial charge in [0.2, 0.25) is 0 Å². The Morgan fingerprint density at radius 2 is 2.09 bits per heavy atom. The maximum atomic E-state index is 12.6. The Balaban J connectivity index is 2.07. The molecule has 0 spiro atoms. The van der Waals surface area contributed by atoms with Crippen molar-refractivity contribution in [3.63, 3.8) is 0 Å². The third kappa shape index (κ3) is 2.69. The van der Waals surface area contributed by atoms with Gasteiger partial charge in [-0.05, 0) is 24.6 Å². The smallest absolute Gasteiger partial charge is 0.274 e. The highest BCUT2D eigenvalue weighted by Crippen LogP contribution is 2.24. The molecule has 5 nitrogen and oxygen atoms in total. The van der Waals surface area contributed by atoms with Crippen LogP contribution in [0.4, 0.5) is 0 Å². The predicted molar refractivity (Wildman–Crippen MR) is 87.1 cm³/mol. The van der Waals surface area contributed by atoms with Gasteiger partial charge in [0.1, 0.15) is 0 Å². The number of imidazole rings is 1. The van der Waals surface area contributed by atoms with Crippen LogP contribution in [0.5, 0.6) is 0 Å². The molecule has 114 valence electrons. The average molecular weight is 337 g/mol. The lowest BCUT2D eigenvalue weighted by atomic mass is 10.2. The summed E-state index contributed by atoms with van der Waals surface area (Å²) in [5.74, 6) is 0. The molecule has 0 atom stereocenters. The fourth-order valence-corrected chi connectivity index (χ4v) is 2.67. The number of halogens is 2. The second kappa shape index (κ2) is 6.02. The van der Waals surface area contributed by atoms with Gasteiger partial charge in [0.05, 0.1) is 34.3 Å². The van der Waals surface area contributed by atoms with Crippen LogP contribution in [0.1, 0.15) is 18.2 Å². The third-order valence-corrected chi connectivity index (χ3v) is 4.23. The summed E-state index contributed by atoms with van der Waals surface area (Å²) in [5.41, 5.74) is 2.19. The first-order chi connectivity index (χ1) is 10.6. The first-order valence-electron chi connectivity index (χ1n) is 6.84. The van der Waals surface area contributed by atoms with Crippen LogP contribution < -0.4 is 5.56 Å². The number of nitrogens with zero attached hydrogens (tertiary/aromatic N) is 3. The Kier molecular flexibility index (Phi) is 4.09. The summed E-state index contributed by atoms with van der Waals surface area (Å²) in [7, 11) is 0. The molecule has 22 heavy (non-hydrogen) atoms. The van der Waals surface area contributed by atoms with Crippen molar-refractivity contribution in [1.29, 1.82) is 0 Å². The molecular formula is C15H14Cl2N4O. The maximum Gasteiger partial charge on any atom is 0.274 e. The number of benzene rings is 1. The molecule has 3 aromatic rings. The van der Waals surface area contributed by atoms with Crippen molar-refractivity contribution >= 4 is 23.2 Å². The van der Waals surface area contributed by atoms with Crippen molar-refractivity contribution in [2.24, 2.45) is 0 Å². The van der Waals surface area contributed by atoms with Crippen LogP contribution in [0.25, 0.3) is 5.69 Å². The summed E-state index contributed by atoms with van der Waals surface area (Å²) in [6.45, 7) is 2.52. The van der Waals surface area contributed by atoms with Crippen LogP contribution in [-0.4, -0.2) is 19.3 Å². The van der Waals surface area contributed by atoms with Crippen LogP contribution in [0.15, 0.2) is 41.7 Å². The van der Waals surface area contributed by atoms with E-state index in [9.17, 15) is 4.79 Å². The lowest BCUT2D eigenvalue weighted by Gasteiger charge is -2.04. The van der Waals surface area contributed by atoms with Gasteiger partial charge in [-0.1, -0.05) is 30.1 Å². The van der Waals surface area contributed by atoms with Crippen LogP contribution in [-0.2, 0) is 13.0 Å². The first-order valence-corrected chi connectivity index (χ1v) is 7.59. The first kappa shape index (κ1) is 14.9. The number of aromatic amines is 1. The highest BCUT2D eigenvalue weighted by atomic mass is 35.5. The molecule has 0 aliphatic rings. The van der Waals surface area contributed by atoms with Gasteiger partial charge >= 0.3 is 0 Å². The summed E-state index contributed by atoms with van der Waals surface area (Å²) in [5, 5.41) is 4.03. The van der Waals surface area contributed by atoms with Crippen LogP contribution >= 0.6 is 23.2 Å². The number of aromatic nitrogens is 4. The minimum Gasteiger partial charge on any atom is -0.332 e. The van der Waals surface area contributed by atoms with Gasteiger partial charge < -0.3 is 4.57 Å². The normalized spacial score (nSPS) is 11.0. The molecule has 1 N–H and O–H groups in total. The van der Waals surface area contributed by atoms with E-state index in [1.807, 2.05) is 17.7 Å². The fraction of sp³-hybridized carbons (Fsp3) is 0.200. The van der Waals surface area contributed by atoms with Crippen molar-refractivity contribution in [3.05, 3.63) is 68.6 Å². The van der Waals surface area contributed by atoms with E-state index in [2.05, 4.69) is 10.1 Å². The Morgan fingerprint density at radius 3 is 2.73 bits per heavy atom. The molecule has 3 rings (SSSR count). The monoisotopic (exact) mass is 336 g/mol. The van der Waals surface area contributed by atoms with E-state index in [1.54, 1.807) is 30.7 Å². The number of H-pyrrole nitrogens is 1. The molecule has 2 heterocycles. The summed E-state index contributed by atoms with van der Waals surface area (Å²) < 4.78 is 3.40. The van der Waals surface area contributed by atoms with Crippen LogP contribution in [0.2, 0.25) is 10.0 Å². The van der Waals surface area contributed by atoms with Crippen molar-refractivity contribution in [2.75, 3.05) is 0 Å². The van der Waals surface area contributed by atoms with Gasteiger partial charge in [0, 0.05) is 18.0 Å². The summed E-state index contributed by atoms with van der Waals surface area (Å²) in [6.07, 6.45) is 5.93. The van der Waals surface area contributed by atoms with Crippen LogP contribution in [0, 0.1) is 0 Å². The molecule has 0 saturated carbocycles. The Bertz CT molecular complexity index is 849. The van der Waals surface area contributed by atoms with Crippen LogP contribution in [0.3, 0.4) is 0 Å². The van der Waals surface area contributed by atoms with E-state index in [0.717, 1.165) is 11.3 Å². The molecule has 0 fully saturated rings. The Labute approximate surface area is 137 Å². The van der Waals surface area contributed by atoms with Gasteiger partial charge in [0.25, 0.3) is 5.56 Å². The zero-order valence-electron chi connectivity index (χ0n) is 11.9. The lowest BCUT2D eigenvalue weighted by molar-refractivity contribution is 0.737. The highest BCUT2D eigenvalue weighted by molar-refractivity contribution is 6.42. The molecule has 0 amide bonds. The topological polar surface area (TPSA) is 55.6 Å². The zero-order valence-corrected chi connectivity index (χ0v) is 13.4. The summed E-state index contributed by atoms with van der Waals surface area (Å²) >= 11 is 12.0. The molecule has 0 unspecified atom stereocenters. The van der Waals surface area contributed by atoms with E-state index in [0.29, 0.717) is 28.7 Å². The average Bonchev–Trinajstić information content (AvgIpc) is 3.11. The highest BCUT2D eigenvalue weighted by Gasteiger charge is 2.14. The van der Waals surface area contributed by atoms with Gasteiger partial charge in [-0.15, -0.1) is 0 Å². The number of hydrogen-bond donors (Lipinski definition) is 1. The number of hydrogen-bond acceptors (Lipinski definition) is 2. The standard InChI is InChI=1S/C15H14Cl2N4O/c1-2-11-14(8-20-6-5-18-9-20)19-21(15(11)22)10-3-4-12(16)13(17)7-10/h3-7,9,19H,2,8H2,1H3. The fourth-order valence-electron chi connectivity index (χ4n) is 2.38. The quantitative estimate of drug-likeness (QED) is 0.794. The minimum atomic E-state index is -0.0731. The molecular weight excluding hydrogens is 323 g/mol. The predicted octanol–water partition coefficient (Wildman–Crippen LogP) is 3.28. The van der Waals surface area contributed by atoms with Crippen molar-refractivity contribution in [2.45, 2.75) is 19.9 Å². The van der Waals surface area contributed by atoms with E-state index < -0.39 is 0 Å². The number of nitrogens with one attached hydrogen (secondary N) is 1. The molecule has 1 aromatic carbocycles. The molecule has 7 heteroatoms. The zero-order chi connectivity index (χ0) is 15.7. The van der Waals surface area contributed by atoms with Crippen molar-refractivity contribution in [3.8, 4) is 5.69 Å². The van der Waals surface area contributed by atoms with E-state index in [4.69, 9.17) is 23.2 Å². The van der Waals surface area contributed by atoms with Crippen molar-refractivity contribution < 1.29 is 0 Å². The number of rotatable bonds is 4. The molecule has 0 aliphatic heterocycles. The van der Waals surface area contributed by atoms with Gasteiger partial charge in [-0.3, -0.25) is 9.89 Å². The Hall–Kier alpha value is -1.98. The second-order valence-corrected chi connectivity index (χ2v) is 5.71. The second-order valence-electron chi connectivity index (χ2n) is 4.90. The molecule has 2 aromatic heterocycles. The molecule has 0 bridgehead atoms. The van der Waals surface area contributed by atoms with E-state index >= 15 is 0 Å². The molecule has 0 radical (unpaired) electrons. The summed E-state index contributed by atoms with van der Waals surface area (Å²) in [6, 6.07) is 5.10. The van der Waals surface area contributed by atoms with Gasteiger partial charge in [-0.2, -0.15) is 0 Å². The molecule has 0 aliphatic carbocycles. The minimum absolute atomic E-state index is 0.0731. The molecule has 0 saturated heterocycles. The summed E-state index contributed by atoms with van der Waals surface area (Å²) in [4.78, 5) is 16.6. The van der Waals surface area contributed by atoms with E-state index in [1.165, 1.54) is 4.68 Å². The van der Waals surface area contributed by atoms with Gasteiger partial charge in [0.15, 0.2) is 0 Å². The lowest BCUT2D eigenvalue weighted by Crippen LogP contribution is -2.17. The third-order valence-electron chi connectivity index (χ3n) is 3.49. The van der Waals surface area contributed by atoms with Gasteiger partial charge in [-0.25, -0.2) is 9.67 Å². The SMILES string of the molecule is CCc1c(Cn2ccnc2)[nH]n(-c2ccc(Cl)c(Cl)c2)c1=O. The Morgan fingerprint density at radius 1 is 1.27 bits per heavy atom.